The summed E-state index contributed by atoms with van der Waals surface area (Å²) in [6, 6.07) is 3.68. The highest BCUT2D eigenvalue weighted by atomic mass is 32.2. The Morgan fingerprint density at radius 2 is 2.23 bits per heavy atom. The Morgan fingerprint density at radius 1 is 1.45 bits per heavy atom. The molecular weight excluding hydrogens is 304 g/mol. The van der Waals surface area contributed by atoms with Gasteiger partial charge < -0.3 is 14.6 Å². The summed E-state index contributed by atoms with van der Waals surface area (Å²) >= 11 is 0. The number of aryl methyl sites for hydroxylation is 1. The molecule has 0 spiro atoms. The van der Waals surface area contributed by atoms with E-state index in [0.717, 1.165) is 24.4 Å². The van der Waals surface area contributed by atoms with Gasteiger partial charge in [0.15, 0.2) is 0 Å². The molecule has 1 aromatic heterocycles. The van der Waals surface area contributed by atoms with Crippen LogP contribution in [0.3, 0.4) is 0 Å². The van der Waals surface area contributed by atoms with E-state index in [2.05, 4.69) is 5.32 Å². The summed E-state index contributed by atoms with van der Waals surface area (Å²) in [7, 11) is -2.99. The first kappa shape index (κ1) is 16.9. The van der Waals surface area contributed by atoms with Crippen LogP contribution in [0.25, 0.3) is 0 Å². The van der Waals surface area contributed by atoms with E-state index < -0.39 is 9.84 Å². The van der Waals surface area contributed by atoms with Crippen LogP contribution in [0.2, 0.25) is 0 Å². The summed E-state index contributed by atoms with van der Waals surface area (Å²) in [5, 5.41) is 2.87. The Bertz CT molecular complexity index is 609. The molecule has 1 N–H and O–H groups in total. The number of likely N-dealkylation sites (tertiary alicyclic amines) is 1. The van der Waals surface area contributed by atoms with Crippen molar-refractivity contribution in [1.29, 1.82) is 0 Å². The molecule has 1 aliphatic heterocycles. The van der Waals surface area contributed by atoms with Crippen molar-refractivity contribution in [2.45, 2.75) is 26.2 Å². The predicted octanol–water partition coefficient (Wildman–Crippen LogP) is 1.60. The Hall–Kier alpha value is -1.50. The first-order valence-electron chi connectivity index (χ1n) is 7.59. The van der Waals surface area contributed by atoms with E-state index in [0.29, 0.717) is 26.1 Å². The van der Waals surface area contributed by atoms with E-state index in [4.69, 9.17) is 4.42 Å². The number of hydrogen-bond donors (Lipinski definition) is 1. The molecule has 22 heavy (non-hydrogen) atoms. The van der Waals surface area contributed by atoms with Crippen LogP contribution in [0.5, 0.6) is 0 Å². The second kappa shape index (κ2) is 7.17. The zero-order chi connectivity index (χ0) is 16.2. The quantitative estimate of drug-likeness (QED) is 0.890. The van der Waals surface area contributed by atoms with Gasteiger partial charge in [-0.15, -0.1) is 0 Å². The van der Waals surface area contributed by atoms with E-state index >= 15 is 0 Å². The van der Waals surface area contributed by atoms with Crippen molar-refractivity contribution in [3.8, 4) is 0 Å². The van der Waals surface area contributed by atoms with Crippen molar-refractivity contribution in [3.05, 3.63) is 23.7 Å². The number of hydrogen-bond acceptors (Lipinski definition) is 4. The summed E-state index contributed by atoms with van der Waals surface area (Å²) in [6.07, 6.45) is 3.62. The van der Waals surface area contributed by atoms with Gasteiger partial charge in [0.25, 0.3) is 0 Å². The summed E-state index contributed by atoms with van der Waals surface area (Å²) in [4.78, 5) is 13.9. The summed E-state index contributed by atoms with van der Waals surface area (Å²) < 4.78 is 28.2. The molecule has 124 valence electrons. The average Bonchev–Trinajstić information content (AvgIpc) is 2.83. The number of rotatable bonds is 5. The lowest BCUT2D eigenvalue weighted by Crippen LogP contribution is -2.47. The van der Waals surface area contributed by atoms with Crippen molar-refractivity contribution < 1.29 is 17.6 Å². The first-order valence-corrected chi connectivity index (χ1v) is 9.65. The van der Waals surface area contributed by atoms with Crippen LogP contribution >= 0.6 is 0 Å². The van der Waals surface area contributed by atoms with Crippen LogP contribution in [0.1, 0.15) is 24.4 Å². The van der Waals surface area contributed by atoms with Gasteiger partial charge in [-0.05, 0) is 37.8 Å². The number of sulfone groups is 1. The van der Waals surface area contributed by atoms with E-state index in [-0.39, 0.29) is 17.7 Å². The van der Waals surface area contributed by atoms with E-state index in [9.17, 15) is 13.2 Å². The summed E-state index contributed by atoms with van der Waals surface area (Å²) in [5.41, 5.74) is 0. The lowest BCUT2D eigenvalue weighted by Gasteiger charge is -2.32. The SMILES string of the molecule is Cc1ccc(CCNC(=O)N2CCC[C@H](CS(C)(=O)=O)C2)o1. The van der Waals surface area contributed by atoms with Gasteiger partial charge in [0, 0.05) is 32.3 Å². The first-order chi connectivity index (χ1) is 10.3. The number of carbonyl (C=O) groups is 1. The third-order valence-corrected chi connectivity index (χ3v) is 4.87. The Balaban J connectivity index is 1.76. The zero-order valence-electron chi connectivity index (χ0n) is 13.2. The molecule has 1 aromatic rings. The number of amides is 2. The highest BCUT2D eigenvalue weighted by molar-refractivity contribution is 7.90. The molecule has 1 fully saturated rings. The Labute approximate surface area is 131 Å². The minimum Gasteiger partial charge on any atom is -0.466 e. The molecule has 1 aliphatic rings. The van der Waals surface area contributed by atoms with Gasteiger partial charge in [0.05, 0.1) is 5.75 Å². The zero-order valence-corrected chi connectivity index (χ0v) is 14.0. The molecule has 1 saturated heterocycles. The maximum atomic E-state index is 12.1. The number of piperidine rings is 1. The molecule has 0 radical (unpaired) electrons. The number of furan rings is 1. The fourth-order valence-electron chi connectivity index (χ4n) is 2.84. The standard InChI is InChI=1S/C15H24N2O4S/c1-12-5-6-14(21-12)7-8-16-15(18)17-9-3-4-13(10-17)11-22(2,19)20/h5-6,13H,3-4,7-11H2,1-2H3,(H,16,18)/t13-/m0/s1. The molecule has 0 aliphatic carbocycles. The normalized spacial score (nSPS) is 19.2. The number of urea groups is 1. The highest BCUT2D eigenvalue weighted by Crippen LogP contribution is 2.18. The van der Waals surface area contributed by atoms with Gasteiger partial charge in [-0.1, -0.05) is 0 Å². The maximum absolute atomic E-state index is 12.1. The van der Waals surface area contributed by atoms with Crippen LogP contribution in [0.15, 0.2) is 16.5 Å². The van der Waals surface area contributed by atoms with E-state index in [1.54, 1.807) is 4.90 Å². The van der Waals surface area contributed by atoms with Gasteiger partial charge >= 0.3 is 6.03 Å². The second-order valence-corrected chi connectivity index (χ2v) is 8.23. The van der Waals surface area contributed by atoms with Gasteiger partial charge in [0.1, 0.15) is 21.4 Å². The van der Waals surface area contributed by atoms with E-state index in [1.165, 1.54) is 6.26 Å². The summed E-state index contributed by atoms with van der Waals surface area (Å²) in [5.74, 6) is 1.91. The van der Waals surface area contributed by atoms with Crippen LogP contribution in [0.4, 0.5) is 4.79 Å². The minimum absolute atomic E-state index is 0.0437. The fourth-order valence-corrected chi connectivity index (χ4v) is 3.97. The third-order valence-electron chi connectivity index (χ3n) is 3.79. The van der Waals surface area contributed by atoms with Gasteiger partial charge in [-0.25, -0.2) is 13.2 Å². The highest BCUT2D eigenvalue weighted by Gasteiger charge is 2.25. The maximum Gasteiger partial charge on any atom is 0.317 e. The van der Waals surface area contributed by atoms with Crippen molar-refractivity contribution in [2.24, 2.45) is 5.92 Å². The predicted molar refractivity (Wildman–Crippen MR) is 84.6 cm³/mol. The second-order valence-electron chi connectivity index (χ2n) is 6.04. The number of nitrogens with zero attached hydrogens (tertiary/aromatic N) is 1. The molecule has 0 saturated carbocycles. The van der Waals surface area contributed by atoms with Crippen molar-refractivity contribution in [3.63, 3.8) is 0 Å². The average molecular weight is 328 g/mol. The van der Waals surface area contributed by atoms with Crippen LogP contribution in [0, 0.1) is 12.8 Å². The fraction of sp³-hybridized carbons (Fsp3) is 0.667. The number of nitrogens with one attached hydrogen (secondary N) is 1. The van der Waals surface area contributed by atoms with Crippen molar-refractivity contribution in [1.82, 2.24) is 10.2 Å². The molecule has 2 heterocycles. The molecule has 2 rings (SSSR count). The molecule has 2 amide bonds. The van der Waals surface area contributed by atoms with Crippen LogP contribution < -0.4 is 5.32 Å². The molecule has 6 nitrogen and oxygen atoms in total. The topological polar surface area (TPSA) is 79.6 Å². The van der Waals surface area contributed by atoms with Gasteiger partial charge in [-0.3, -0.25) is 0 Å². The largest absolute Gasteiger partial charge is 0.466 e. The monoisotopic (exact) mass is 328 g/mol. The lowest BCUT2D eigenvalue weighted by molar-refractivity contribution is 0.170. The Morgan fingerprint density at radius 3 is 2.86 bits per heavy atom. The molecule has 0 bridgehead atoms. The van der Waals surface area contributed by atoms with Crippen LogP contribution in [-0.2, 0) is 16.3 Å². The minimum atomic E-state index is -2.99. The van der Waals surface area contributed by atoms with Crippen LogP contribution in [-0.4, -0.2) is 51.0 Å². The lowest BCUT2D eigenvalue weighted by atomic mass is 10.0. The molecule has 0 aromatic carbocycles. The van der Waals surface area contributed by atoms with Crippen molar-refractivity contribution in [2.75, 3.05) is 31.6 Å². The number of carbonyl (C=O) groups excluding carboxylic acids is 1. The Kier molecular flexibility index (Phi) is 5.50. The van der Waals surface area contributed by atoms with Crippen molar-refractivity contribution >= 4 is 15.9 Å². The van der Waals surface area contributed by atoms with Gasteiger partial charge in [0.2, 0.25) is 0 Å². The third kappa shape index (κ3) is 5.36. The van der Waals surface area contributed by atoms with Gasteiger partial charge in [-0.2, -0.15) is 0 Å². The molecule has 7 heteroatoms. The molecule has 0 unspecified atom stereocenters. The van der Waals surface area contributed by atoms with E-state index in [1.807, 2.05) is 19.1 Å². The molecule has 1 atom stereocenters. The molecular formula is C15H24N2O4S. The smallest absolute Gasteiger partial charge is 0.317 e. The summed E-state index contributed by atoms with van der Waals surface area (Å²) in [6.45, 7) is 3.60.